The number of quaternary nitrogens is 1. The van der Waals surface area contributed by atoms with E-state index < -0.39 is 8.80 Å². The maximum Gasteiger partial charge on any atom is 0.500 e. The molecule has 0 aliphatic carbocycles. The molecule has 0 aromatic heterocycles. The van der Waals surface area contributed by atoms with Gasteiger partial charge in [-0.2, -0.15) is 0 Å². The van der Waals surface area contributed by atoms with E-state index in [1.807, 2.05) is 0 Å². The summed E-state index contributed by atoms with van der Waals surface area (Å²) in [4.78, 5) is 1.47. The zero-order chi connectivity index (χ0) is 14.6. The molecule has 0 bridgehead atoms. The van der Waals surface area contributed by atoms with Gasteiger partial charge in [-0.3, -0.25) is 0 Å². The van der Waals surface area contributed by atoms with Crippen molar-refractivity contribution in [3.05, 3.63) is 0 Å². The van der Waals surface area contributed by atoms with Crippen LogP contribution < -0.4 is 17.3 Å². The molecule has 0 aromatic carbocycles. The standard InChI is InChI=1S/C12H29NO5Si.ClH/c1-14-10-8-13(9-11-15-2)7-6-12-19(16-3,17-4)18-5;/h6-12H2,1-5H3;1H. The van der Waals surface area contributed by atoms with E-state index in [0.717, 1.165) is 45.3 Å². The molecule has 0 rings (SSSR count). The van der Waals surface area contributed by atoms with E-state index in [9.17, 15) is 0 Å². The number of ether oxygens (including phenoxy) is 2. The predicted octanol–water partition coefficient (Wildman–Crippen LogP) is -3.56. The molecule has 0 saturated heterocycles. The summed E-state index contributed by atoms with van der Waals surface area (Å²) in [6.45, 7) is 4.54. The number of hydrogen-bond donors (Lipinski definition) is 1. The molecule has 20 heavy (non-hydrogen) atoms. The van der Waals surface area contributed by atoms with Crippen LogP contribution in [0.5, 0.6) is 0 Å². The molecule has 0 heterocycles. The van der Waals surface area contributed by atoms with Crippen molar-refractivity contribution in [2.75, 3.05) is 68.4 Å². The molecule has 0 amide bonds. The number of halogens is 1. The van der Waals surface area contributed by atoms with Gasteiger partial charge in [-0.05, 0) is 0 Å². The fourth-order valence-corrected chi connectivity index (χ4v) is 3.70. The lowest BCUT2D eigenvalue weighted by Gasteiger charge is -2.25. The summed E-state index contributed by atoms with van der Waals surface area (Å²) in [6.07, 6.45) is 1.00. The first kappa shape index (κ1) is 22.5. The molecule has 0 saturated carbocycles. The van der Waals surface area contributed by atoms with E-state index in [1.54, 1.807) is 35.5 Å². The first-order chi connectivity index (χ1) is 9.17. The number of nitrogens with one attached hydrogen (secondary N) is 1. The molecule has 0 spiro atoms. The van der Waals surface area contributed by atoms with E-state index in [-0.39, 0.29) is 12.4 Å². The summed E-state index contributed by atoms with van der Waals surface area (Å²) in [5.41, 5.74) is 0. The molecule has 0 fully saturated rings. The minimum Gasteiger partial charge on any atom is -1.00 e. The zero-order valence-electron chi connectivity index (χ0n) is 13.4. The molecular formula is C12H30ClNO5Si. The summed E-state index contributed by atoms with van der Waals surface area (Å²) in [6, 6.07) is 0.833. The van der Waals surface area contributed by atoms with Gasteiger partial charge < -0.3 is 40.1 Å². The van der Waals surface area contributed by atoms with Crippen LogP contribution in [0.15, 0.2) is 0 Å². The molecule has 0 aliphatic rings. The average Bonchev–Trinajstić information content (AvgIpc) is 2.46. The Bertz CT molecular complexity index is 194. The molecule has 0 atom stereocenters. The third kappa shape index (κ3) is 9.25. The third-order valence-corrected chi connectivity index (χ3v) is 6.10. The highest BCUT2D eigenvalue weighted by molar-refractivity contribution is 6.60. The van der Waals surface area contributed by atoms with Crippen LogP contribution in [0, 0.1) is 0 Å². The monoisotopic (exact) mass is 331 g/mol. The predicted molar refractivity (Wildman–Crippen MR) is 75.5 cm³/mol. The third-order valence-electron chi connectivity index (χ3n) is 3.27. The van der Waals surface area contributed by atoms with Gasteiger partial charge >= 0.3 is 8.80 Å². The van der Waals surface area contributed by atoms with Crippen LogP contribution in [-0.4, -0.2) is 77.2 Å². The normalized spacial score (nSPS) is 11.7. The minimum atomic E-state index is -2.42. The van der Waals surface area contributed by atoms with Gasteiger partial charge in [-0.1, -0.05) is 0 Å². The largest absolute Gasteiger partial charge is 1.00 e. The summed E-state index contributed by atoms with van der Waals surface area (Å²) >= 11 is 0. The van der Waals surface area contributed by atoms with Crippen molar-refractivity contribution in [3.8, 4) is 0 Å². The molecule has 0 radical (unpaired) electrons. The van der Waals surface area contributed by atoms with Crippen LogP contribution in [0.2, 0.25) is 6.04 Å². The summed E-state index contributed by atoms with van der Waals surface area (Å²) < 4.78 is 26.5. The molecular weight excluding hydrogens is 302 g/mol. The lowest BCUT2D eigenvalue weighted by atomic mass is 10.4. The smallest absolute Gasteiger partial charge is 0.500 e. The van der Waals surface area contributed by atoms with E-state index in [4.69, 9.17) is 22.8 Å². The van der Waals surface area contributed by atoms with Crippen LogP contribution in [0.25, 0.3) is 0 Å². The fraction of sp³-hybridized carbons (Fsp3) is 1.00. The molecule has 0 aromatic rings. The fourth-order valence-electron chi connectivity index (χ4n) is 1.98. The van der Waals surface area contributed by atoms with Gasteiger partial charge in [0, 0.05) is 48.0 Å². The summed E-state index contributed by atoms with van der Waals surface area (Å²) in [7, 11) is 5.99. The van der Waals surface area contributed by atoms with Gasteiger partial charge in [0.05, 0.1) is 19.8 Å². The van der Waals surface area contributed by atoms with Crippen molar-refractivity contribution in [3.63, 3.8) is 0 Å². The lowest BCUT2D eigenvalue weighted by Crippen LogP contribution is -3.13. The number of rotatable bonds is 13. The van der Waals surface area contributed by atoms with Gasteiger partial charge in [-0.15, -0.1) is 0 Å². The van der Waals surface area contributed by atoms with E-state index in [0.29, 0.717) is 0 Å². The highest BCUT2D eigenvalue weighted by Crippen LogP contribution is 2.13. The van der Waals surface area contributed by atoms with E-state index in [2.05, 4.69) is 0 Å². The second-order valence-electron chi connectivity index (χ2n) is 4.38. The maximum atomic E-state index is 5.42. The van der Waals surface area contributed by atoms with Gasteiger partial charge in [0.1, 0.15) is 13.1 Å². The van der Waals surface area contributed by atoms with Crippen molar-refractivity contribution in [1.29, 1.82) is 0 Å². The van der Waals surface area contributed by atoms with Gasteiger partial charge in [0.25, 0.3) is 0 Å². The lowest BCUT2D eigenvalue weighted by molar-refractivity contribution is -0.900. The summed E-state index contributed by atoms with van der Waals surface area (Å²) in [5.74, 6) is 0. The minimum absolute atomic E-state index is 0. The Hall–Kier alpha value is 0.267. The van der Waals surface area contributed by atoms with E-state index >= 15 is 0 Å². The zero-order valence-corrected chi connectivity index (χ0v) is 15.1. The Labute approximate surface area is 130 Å². The van der Waals surface area contributed by atoms with Crippen molar-refractivity contribution in [2.24, 2.45) is 0 Å². The molecule has 1 N–H and O–H groups in total. The second kappa shape index (κ2) is 14.2. The molecule has 6 nitrogen and oxygen atoms in total. The Balaban J connectivity index is 0. The summed E-state index contributed by atoms with van der Waals surface area (Å²) in [5, 5.41) is 0. The molecule has 0 aliphatic heterocycles. The van der Waals surface area contributed by atoms with Crippen molar-refractivity contribution in [2.45, 2.75) is 12.5 Å². The quantitative estimate of drug-likeness (QED) is 0.354. The van der Waals surface area contributed by atoms with Crippen molar-refractivity contribution < 1.29 is 40.1 Å². The van der Waals surface area contributed by atoms with Gasteiger partial charge in [0.15, 0.2) is 0 Å². The Kier molecular flexibility index (Phi) is 16.0. The SMILES string of the molecule is COCC[NH+](CCC[Si](OC)(OC)OC)CCOC.[Cl-]. The molecule has 124 valence electrons. The number of methoxy groups -OCH3 is 2. The Morgan fingerprint density at radius 2 is 1.20 bits per heavy atom. The second-order valence-corrected chi connectivity index (χ2v) is 7.48. The van der Waals surface area contributed by atoms with Crippen LogP contribution in [0.3, 0.4) is 0 Å². The van der Waals surface area contributed by atoms with E-state index in [1.165, 1.54) is 4.90 Å². The van der Waals surface area contributed by atoms with Gasteiger partial charge in [0.2, 0.25) is 0 Å². The number of hydrogen-bond acceptors (Lipinski definition) is 5. The molecule has 8 heteroatoms. The van der Waals surface area contributed by atoms with Crippen LogP contribution in [-0.2, 0) is 22.8 Å². The Morgan fingerprint density at radius 1 is 0.750 bits per heavy atom. The van der Waals surface area contributed by atoms with Gasteiger partial charge in [-0.25, -0.2) is 0 Å². The van der Waals surface area contributed by atoms with Crippen LogP contribution in [0.1, 0.15) is 6.42 Å². The topological polar surface area (TPSA) is 50.6 Å². The van der Waals surface area contributed by atoms with Crippen LogP contribution in [0.4, 0.5) is 0 Å². The highest BCUT2D eigenvalue weighted by atomic mass is 35.5. The first-order valence-electron chi connectivity index (χ1n) is 6.65. The highest BCUT2D eigenvalue weighted by Gasteiger charge is 2.37. The maximum absolute atomic E-state index is 5.42. The Morgan fingerprint density at radius 3 is 1.55 bits per heavy atom. The average molecular weight is 332 g/mol. The van der Waals surface area contributed by atoms with Crippen molar-refractivity contribution in [1.82, 2.24) is 0 Å². The van der Waals surface area contributed by atoms with Crippen molar-refractivity contribution >= 4 is 8.80 Å². The van der Waals surface area contributed by atoms with Crippen LogP contribution >= 0.6 is 0 Å². The first-order valence-corrected chi connectivity index (χ1v) is 8.58. The molecule has 0 unspecified atom stereocenters.